The van der Waals surface area contributed by atoms with Crippen molar-refractivity contribution in [3.63, 3.8) is 0 Å². The molecule has 2 aromatic rings. The molecule has 2 amide bonds. The average molecular weight is 392 g/mol. The smallest absolute Gasteiger partial charge is 0.326 e. The molecule has 0 bridgehead atoms. The van der Waals surface area contributed by atoms with Crippen molar-refractivity contribution in [2.75, 3.05) is 12.0 Å². The first kappa shape index (κ1) is 19.3. The number of aryl methyl sites for hydroxylation is 2. The van der Waals surface area contributed by atoms with Crippen molar-refractivity contribution in [2.24, 2.45) is 11.8 Å². The van der Waals surface area contributed by atoms with Gasteiger partial charge in [0.15, 0.2) is 0 Å². The summed E-state index contributed by atoms with van der Waals surface area (Å²) >= 11 is 0. The molecule has 150 valence electrons. The zero-order valence-electron chi connectivity index (χ0n) is 16.9. The van der Waals surface area contributed by atoms with Crippen molar-refractivity contribution < 1.29 is 19.1 Å². The van der Waals surface area contributed by atoms with Crippen LogP contribution in [0.1, 0.15) is 29.7 Å². The first-order valence-electron chi connectivity index (χ1n) is 9.65. The van der Waals surface area contributed by atoms with Gasteiger partial charge < -0.3 is 4.74 Å². The number of fused-ring (bicyclic) bond motifs is 1. The SMILES string of the molecule is COC(=O)[C@]1(C)N[C@@H](c2cccc(C)c2)[C@H]2C(=O)N(c3ccc(C)cc3)C(=O)[C@H]21. The molecule has 6 nitrogen and oxygen atoms in total. The number of nitrogens with one attached hydrogen (secondary N) is 1. The van der Waals surface area contributed by atoms with Crippen LogP contribution in [0.2, 0.25) is 0 Å². The fraction of sp³-hybridized carbons (Fsp3) is 0.348. The Bertz CT molecular complexity index is 1000. The van der Waals surface area contributed by atoms with E-state index in [9.17, 15) is 14.4 Å². The average Bonchev–Trinajstić information content (AvgIpc) is 3.16. The summed E-state index contributed by atoms with van der Waals surface area (Å²) in [5.74, 6) is -2.74. The van der Waals surface area contributed by atoms with Crippen LogP contribution in [0.3, 0.4) is 0 Å². The van der Waals surface area contributed by atoms with Crippen LogP contribution in [0.25, 0.3) is 0 Å². The van der Waals surface area contributed by atoms with Crippen molar-refractivity contribution in [3.8, 4) is 0 Å². The van der Waals surface area contributed by atoms with Gasteiger partial charge in [0.25, 0.3) is 0 Å². The number of rotatable bonds is 3. The van der Waals surface area contributed by atoms with Gasteiger partial charge in [-0.1, -0.05) is 47.5 Å². The van der Waals surface area contributed by atoms with E-state index in [1.807, 2.05) is 50.2 Å². The Kier molecular flexibility index (Phi) is 4.54. The molecule has 29 heavy (non-hydrogen) atoms. The Morgan fingerprint density at radius 2 is 1.72 bits per heavy atom. The summed E-state index contributed by atoms with van der Waals surface area (Å²) in [6.07, 6.45) is 0. The summed E-state index contributed by atoms with van der Waals surface area (Å²) in [6.45, 7) is 5.56. The molecule has 4 rings (SSSR count). The zero-order valence-corrected chi connectivity index (χ0v) is 16.9. The van der Waals surface area contributed by atoms with Crippen LogP contribution in [-0.2, 0) is 19.1 Å². The standard InChI is InChI=1S/C23H24N2O4/c1-13-8-10-16(11-9-13)25-20(26)17-18(21(25)27)23(3,22(28)29-4)24-19(17)15-7-5-6-14(2)12-15/h5-12,17-19,24H,1-4H3/t17-,18-,19-,23+/m0/s1. The molecule has 2 aromatic carbocycles. The third-order valence-electron chi connectivity index (χ3n) is 6.09. The van der Waals surface area contributed by atoms with E-state index in [-0.39, 0.29) is 11.8 Å². The number of hydrogen-bond acceptors (Lipinski definition) is 5. The third kappa shape index (κ3) is 2.86. The number of methoxy groups -OCH3 is 1. The molecule has 2 saturated heterocycles. The third-order valence-corrected chi connectivity index (χ3v) is 6.09. The van der Waals surface area contributed by atoms with Gasteiger partial charge in [0.2, 0.25) is 11.8 Å². The van der Waals surface area contributed by atoms with Crippen molar-refractivity contribution in [1.82, 2.24) is 5.32 Å². The number of carbonyl (C=O) groups excluding carboxylic acids is 3. The first-order valence-corrected chi connectivity index (χ1v) is 9.65. The second kappa shape index (κ2) is 6.81. The Morgan fingerprint density at radius 3 is 2.34 bits per heavy atom. The minimum absolute atomic E-state index is 0.296. The molecule has 0 saturated carbocycles. The Balaban J connectivity index is 1.83. The van der Waals surface area contributed by atoms with Crippen LogP contribution >= 0.6 is 0 Å². The molecule has 0 spiro atoms. The molecule has 2 heterocycles. The van der Waals surface area contributed by atoms with Gasteiger partial charge in [-0.2, -0.15) is 0 Å². The number of nitrogens with zero attached hydrogens (tertiary/aromatic N) is 1. The molecular weight excluding hydrogens is 368 g/mol. The number of ether oxygens (including phenoxy) is 1. The summed E-state index contributed by atoms with van der Waals surface area (Å²) in [5, 5.41) is 3.26. The second-order valence-electron chi connectivity index (χ2n) is 8.08. The maximum absolute atomic E-state index is 13.5. The Morgan fingerprint density at radius 1 is 1.03 bits per heavy atom. The first-order chi connectivity index (χ1) is 13.8. The Labute approximate surface area is 169 Å². The lowest BCUT2D eigenvalue weighted by Gasteiger charge is -2.28. The number of amides is 2. The molecule has 0 aliphatic carbocycles. The molecule has 2 aliphatic heterocycles. The molecule has 0 radical (unpaired) electrons. The monoisotopic (exact) mass is 392 g/mol. The summed E-state index contributed by atoms with van der Waals surface area (Å²) in [6, 6.07) is 14.5. The van der Waals surface area contributed by atoms with Crippen LogP contribution in [-0.4, -0.2) is 30.4 Å². The van der Waals surface area contributed by atoms with Gasteiger partial charge in [-0.05, 0) is 38.5 Å². The molecule has 1 N–H and O–H groups in total. The van der Waals surface area contributed by atoms with E-state index in [1.54, 1.807) is 19.1 Å². The van der Waals surface area contributed by atoms with Crippen molar-refractivity contribution in [2.45, 2.75) is 32.4 Å². The predicted octanol–water partition coefficient (Wildman–Crippen LogP) is 2.69. The maximum atomic E-state index is 13.5. The topological polar surface area (TPSA) is 75.7 Å². The molecule has 0 unspecified atom stereocenters. The molecule has 2 fully saturated rings. The summed E-state index contributed by atoms with van der Waals surface area (Å²) in [7, 11) is 1.29. The van der Waals surface area contributed by atoms with E-state index >= 15 is 0 Å². The van der Waals surface area contributed by atoms with Crippen molar-refractivity contribution in [3.05, 3.63) is 65.2 Å². The lowest BCUT2D eigenvalue weighted by molar-refractivity contribution is -0.151. The van der Waals surface area contributed by atoms with Crippen LogP contribution in [0.15, 0.2) is 48.5 Å². The van der Waals surface area contributed by atoms with Gasteiger partial charge >= 0.3 is 5.97 Å². The van der Waals surface area contributed by atoms with Crippen LogP contribution in [0, 0.1) is 25.7 Å². The van der Waals surface area contributed by atoms with E-state index in [0.29, 0.717) is 5.69 Å². The minimum Gasteiger partial charge on any atom is -0.468 e. The van der Waals surface area contributed by atoms with Crippen LogP contribution in [0.4, 0.5) is 5.69 Å². The fourth-order valence-corrected chi connectivity index (χ4v) is 4.64. The normalized spacial score (nSPS) is 28.6. The van der Waals surface area contributed by atoms with Gasteiger partial charge in [-0.15, -0.1) is 0 Å². The Hall–Kier alpha value is -2.99. The number of esters is 1. The lowest BCUT2D eigenvalue weighted by atomic mass is 9.80. The van der Waals surface area contributed by atoms with E-state index < -0.39 is 29.4 Å². The van der Waals surface area contributed by atoms with Crippen molar-refractivity contribution in [1.29, 1.82) is 0 Å². The zero-order chi connectivity index (χ0) is 20.9. The number of benzene rings is 2. The fourth-order valence-electron chi connectivity index (χ4n) is 4.64. The number of carbonyl (C=O) groups is 3. The highest BCUT2D eigenvalue weighted by molar-refractivity contribution is 6.24. The highest BCUT2D eigenvalue weighted by Crippen LogP contribution is 2.50. The van der Waals surface area contributed by atoms with Crippen molar-refractivity contribution >= 4 is 23.5 Å². The highest BCUT2D eigenvalue weighted by Gasteiger charge is 2.67. The maximum Gasteiger partial charge on any atom is 0.326 e. The molecule has 4 atom stereocenters. The van der Waals surface area contributed by atoms with E-state index in [0.717, 1.165) is 16.7 Å². The highest BCUT2D eigenvalue weighted by atomic mass is 16.5. The summed E-state index contributed by atoms with van der Waals surface area (Å²) in [4.78, 5) is 40.8. The second-order valence-corrected chi connectivity index (χ2v) is 8.08. The summed E-state index contributed by atoms with van der Waals surface area (Å²) < 4.78 is 5.01. The van der Waals surface area contributed by atoms with E-state index in [4.69, 9.17) is 4.74 Å². The van der Waals surface area contributed by atoms with Gasteiger partial charge in [-0.3, -0.25) is 19.7 Å². The molecule has 0 aromatic heterocycles. The number of anilines is 1. The predicted molar refractivity (Wildman–Crippen MR) is 108 cm³/mol. The molecular formula is C23H24N2O4. The van der Waals surface area contributed by atoms with Crippen LogP contribution in [0.5, 0.6) is 0 Å². The molecule has 2 aliphatic rings. The van der Waals surface area contributed by atoms with Gasteiger partial charge in [0.1, 0.15) is 5.54 Å². The van der Waals surface area contributed by atoms with Gasteiger partial charge in [0.05, 0.1) is 24.6 Å². The van der Waals surface area contributed by atoms with E-state index in [1.165, 1.54) is 12.0 Å². The minimum atomic E-state index is -1.29. The number of imide groups is 1. The summed E-state index contributed by atoms with van der Waals surface area (Å²) in [5.41, 5.74) is 2.18. The number of hydrogen-bond donors (Lipinski definition) is 1. The quantitative estimate of drug-likeness (QED) is 0.642. The van der Waals surface area contributed by atoms with Gasteiger partial charge in [0, 0.05) is 6.04 Å². The van der Waals surface area contributed by atoms with Crippen LogP contribution < -0.4 is 10.2 Å². The largest absolute Gasteiger partial charge is 0.468 e. The molecule has 6 heteroatoms. The van der Waals surface area contributed by atoms with Gasteiger partial charge in [-0.25, -0.2) is 4.90 Å². The van der Waals surface area contributed by atoms with E-state index in [2.05, 4.69) is 5.32 Å². The lowest BCUT2D eigenvalue weighted by Crippen LogP contribution is -2.54.